The summed E-state index contributed by atoms with van der Waals surface area (Å²) in [4.78, 5) is 67.0. The van der Waals surface area contributed by atoms with Crippen LogP contribution in [0.4, 0.5) is 9.18 Å². The number of sulfonamides is 1. The average molecular weight is 861 g/mol. The number of alkyl carbamates (subject to hydrolysis) is 1. The molecule has 4 aliphatic rings. The van der Waals surface area contributed by atoms with E-state index in [1.54, 1.807) is 52.1 Å². The lowest BCUT2D eigenvalue weighted by Crippen LogP contribution is -2.58. The molecule has 16 nitrogen and oxygen atoms in total. The number of amides is 4. The molecule has 5 unspecified atom stereocenters. The molecule has 2 aliphatic heterocycles. The zero-order chi connectivity index (χ0) is 43.3. The van der Waals surface area contributed by atoms with Gasteiger partial charge in [0.2, 0.25) is 27.4 Å². The molecule has 8 rings (SSSR count). The molecule has 4 heterocycles. The average Bonchev–Trinajstić information content (AvgIpc) is 4.11. The topological polar surface area (TPSA) is 208 Å². The summed E-state index contributed by atoms with van der Waals surface area (Å²) in [6, 6.07) is 8.68. The molecule has 61 heavy (non-hydrogen) atoms. The number of carbonyl (C=O) groups is 4. The first-order chi connectivity index (χ1) is 29.0. The number of fused-ring (bicyclic) bond motifs is 5. The van der Waals surface area contributed by atoms with Gasteiger partial charge in [-0.15, -0.1) is 0 Å². The maximum absolute atomic E-state index is 14.7. The molecule has 18 heteroatoms. The SMILES string of the molecule is COc1ccc(-c2nc(OC3CC4C(=O)NC5(C(=O)NS(=O)(=O)C6CC6)CC5/C=C\CCCCCC(NC(=O)OC(C)(C)C)C(=O)N4C3)c3oc4ccc(F)cc4c3n2)cc1. The van der Waals surface area contributed by atoms with Gasteiger partial charge in [0.25, 0.3) is 11.8 Å². The first kappa shape index (κ1) is 41.9. The number of hydrogen-bond acceptors (Lipinski definition) is 12. The molecule has 0 bridgehead atoms. The minimum absolute atomic E-state index is 0.0232. The summed E-state index contributed by atoms with van der Waals surface area (Å²) in [6.07, 6.45) is 5.94. The van der Waals surface area contributed by atoms with Gasteiger partial charge in [0.05, 0.1) is 18.9 Å². The fraction of sp³-hybridized carbons (Fsp3) is 0.488. The first-order valence-electron chi connectivity index (χ1n) is 20.6. The van der Waals surface area contributed by atoms with Crippen LogP contribution in [-0.2, 0) is 29.1 Å². The van der Waals surface area contributed by atoms with Crippen molar-refractivity contribution in [2.45, 2.75) is 113 Å². The van der Waals surface area contributed by atoms with E-state index in [9.17, 15) is 32.0 Å². The normalized spacial score (nSPS) is 25.4. The molecular formula is C43H49FN6O10S. The molecule has 324 valence electrons. The van der Waals surface area contributed by atoms with E-state index in [4.69, 9.17) is 28.6 Å². The number of rotatable bonds is 8. The zero-order valence-corrected chi connectivity index (χ0v) is 35.2. The van der Waals surface area contributed by atoms with Crippen LogP contribution in [0.3, 0.4) is 0 Å². The van der Waals surface area contributed by atoms with E-state index in [0.717, 1.165) is 6.42 Å². The lowest BCUT2D eigenvalue weighted by Gasteiger charge is -2.30. The number of aromatic nitrogens is 2. The number of ether oxygens (including phenoxy) is 3. The van der Waals surface area contributed by atoms with Gasteiger partial charge in [0, 0.05) is 23.3 Å². The van der Waals surface area contributed by atoms with Gasteiger partial charge < -0.3 is 34.2 Å². The second kappa shape index (κ2) is 16.2. The summed E-state index contributed by atoms with van der Waals surface area (Å²) in [5.74, 6) is -2.30. The second-order valence-corrected chi connectivity index (χ2v) is 19.2. The Labute approximate surface area is 352 Å². The summed E-state index contributed by atoms with van der Waals surface area (Å²) < 4.78 is 66.2. The lowest BCUT2D eigenvalue weighted by atomic mass is 10.0. The van der Waals surface area contributed by atoms with Gasteiger partial charge in [-0.2, -0.15) is 4.98 Å². The molecule has 2 aliphatic carbocycles. The van der Waals surface area contributed by atoms with Gasteiger partial charge in [0.1, 0.15) is 52.0 Å². The van der Waals surface area contributed by atoms with Gasteiger partial charge in [-0.1, -0.05) is 25.0 Å². The highest BCUT2D eigenvalue weighted by Gasteiger charge is 2.62. The van der Waals surface area contributed by atoms with Gasteiger partial charge in [-0.3, -0.25) is 19.1 Å². The van der Waals surface area contributed by atoms with Crippen molar-refractivity contribution in [2.75, 3.05) is 13.7 Å². The van der Waals surface area contributed by atoms with E-state index in [1.807, 2.05) is 12.2 Å². The largest absolute Gasteiger partial charge is 0.497 e. The van der Waals surface area contributed by atoms with Crippen LogP contribution in [0.25, 0.3) is 33.5 Å². The molecule has 0 radical (unpaired) electrons. The minimum Gasteiger partial charge on any atom is -0.497 e. The fourth-order valence-electron chi connectivity index (χ4n) is 7.99. The number of methoxy groups -OCH3 is 1. The number of benzene rings is 2. The highest BCUT2D eigenvalue weighted by molar-refractivity contribution is 7.91. The van der Waals surface area contributed by atoms with E-state index in [2.05, 4.69) is 15.4 Å². The number of nitrogens with one attached hydrogen (secondary N) is 3. The Balaban J connectivity index is 1.15. The Hall–Kier alpha value is -5.78. The maximum atomic E-state index is 14.7. The number of furan rings is 1. The van der Waals surface area contributed by atoms with Crippen molar-refractivity contribution in [2.24, 2.45) is 5.92 Å². The van der Waals surface area contributed by atoms with E-state index in [1.165, 1.54) is 23.1 Å². The molecule has 2 saturated carbocycles. The minimum atomic E-state index is -3.95. The van der Waals surface area contributed by atoms with Crippen molar-refractivity contribution < 1.29 is 50.6 Å². The molecule has 3 fully saturated rings. The molecular weight excluding hydrogens is 812 g/mol. The lowest BCUT2D eigenvalue weighted by molar-refractivity contribution is -0.141. The van der Waals surface area contributed by atoms with Crippen molar-refractivity contribution in [1.82, 2.24) is 30.2 Å². The summed E-state index contributed by atoms with van der Waals surface area (Å²) in [5, 5.41) is 5.29. The van der Waals surface area contributed by atoms with Crippen LogP contribution >= 0.6 is 0 Å². The molecule has 2 aromatic carbocycles. The standard InChI is InChI=1S/C43H49FN6O10S/c1-42(2,3)60-41(54)45-31-11-9-7-5-6-8-10-25-22-43(25,40(53)49-61(55,56)29-17-18-29)48-37(51)32-21-28(23-50(32)39(31)52)58-38-35-34(30-20-26(44)14-19-33(30)59-35)46-36(47-38)24-12-15-27(57-4)16-13-24/h8,10,12-16,19-20,25,28-29,31-32H,5-7,9,11,17-18,21-23H2,1-4H3,(H,45,54)(H,48,51)(H,49,53)/b10-8-. The predicted octanol–water partition coefficient (Wildman–Crippen LogP) is 5.44. The van der Waals surface area contributed by atoms with E-state index in [-0.39, 0.29) is 48.6 Å². The summed E-state index contributed by atoms with van der Waals surface area (Å²) in [5.41, 5.74) is -1.13. The molecule has 1 saturated heterocycles. The number of nitrogens with zero attached hydrogens (tertiary/aromatic N) is 3. The van der Waals surface area contributed by atoms with Crippen LogP contribution in [0.15, 0.2) is 59.0 Å². The van der Waals surface area contributed by atoms with E-state index in [0.29, 0.717) is 54.4 Å². The highest BCUT2D eigenvalue weighted by Crippen LogP contribution is 2.46. The highest BCUT2D eigenvalue weighted by atomic mass is 32.2. The third-order valence-corrected chi connectivity index (χ3v) is 13.2. The zero-order valence-electron chi connectivity index (χ0n) is 34.4. The predicted molar refractivity (Wildman–Crippen MR) is 220 cm³/mol. The Morgan fingerprint density at radius 2 is 1.80 bits per heavy atom. The van der Waals surface area contributed by atoms with Gasteiger partial charge in [0.15, 0.2) is 5.82 Å². The molecule has 3 N–H and O–H groups in total. The number of halogens is 1. The third-order valence-electron chi connectivity index (χ3n) is 11.4. The smallest absolute Gasteiger partial charge is 0.408 e. The summed E-state index contributed by atoms with van der Waals surface area (Å²) in [7, 11) is -2.41. The molecule has 2 aromatic heterocycles. The van der Waals surface area contributed by atoms with Gasteiger partial charge in [-0.25, -0.2) is 22.6 Å². The van der Waals surface area contributed by atoms with E-state index < -0.39 is 80.2 Å². The van der Waals surface area contributed by atoms with Crippen LogP contribution in [-0.4, -0.2) is 95.3 Å². The van der Waals surface area contributed by atoms with Crippen LogP contribution in [0.1, 0.15) is 78.6 Å². The number of allylic oxidation sites excluding steroid dienone is 1. The maximum Gasteiger partial charge on any atom is 0.408 e. The molecule has 4 amide bonds. The molecule has 4 aromatic rings. The molecule has 5 atom stereocenters. The van der Waals surface area contributed by atoms with Crippen LogP contribution < -0.4 is 24.8 Å². The van der Waals surface area contributed by atoms with E-state index >= 15 is 0 Å². The first-order valence-corrected chi connectivity index (χ1v) is 22.1. The van der Waals surface area contributed by atoms with Gasteiger partial charge in [-0.05, 0) is 102 Å². The monoisotopic (exact) mass is 860 g/mol. The molecule has 0 spiro atoms. The number of carbonyl (C=O) groups excluding carboxylic acids is 4. The summed E-state index contributed by atoms with van der Waals surface area (Å²) in [6.45, 7) is 4.96. The van der Waals surface area contributed by atoms with Crippen molar-refractivity contribution in [1.29, 1.82) is 0 Å². The number of hydrogen-bond donors (Lipinski definition) is 3. The van der Waals surface area contributed by atoms with Crippen molar-refractivity contribution >= 4 is 55.9 Å². The third kappa shape index (κ3) is 8.99. The van der Waals surface area contributed by atoms with Crippen LogP contribution in [0.2, 0.25) is 0 Å². The van der Waals surface area contributed by atoms with Crippen molar-refractivity contribution in [3.05, 3.63) is 60.4 Å². The Kier molecular flexibility index (Phi) is 11.2. The van der Waals surface area contributed by atoms with Gasteiger partial charge >= 0.3 is 6.09 Å². The Bertz CT molecular complexity index is 2520. The van der Waals surface area contributed by atoms with Crippen LogP contribution in [0.5, 0.6) is 11.6 Å². The fourth-order valence-corrected chi connectivity index (χ4v) is 9.36. The Morgan fingerprint density at radius 1 is 1.03 bits per heavy atom. The van der Waals surface area contributed by atoms with Crippen LogP contribution in [0, 0.1) is 11.7 Å². The quantitative estimate of drug-likeness (QED) is 0.190. The summed E-state index contributed by atoms with van der Waals surface area (Å²) >= 11 is 0. The van der Waals surface area contributed by atoms with Crippen molar-refractivity contribution in [3.63, 3.8) is 0 Å². The van der Waals surface area contributed by atoms with Crippen molar-refractivity contribution in [3.8, 4) is 23.0 Å². The Morgan fingerprint density at radius 3 is 2.52 bits per heavy atom. The second-order valence-electron chi connectivity index (χ2n) is 17.2.